The summed E-state index contributed by atoms with van der Waals surface area (Å²) in [5.74, 6) is -0.259. The summed E-state index contributed by atoms with van der Waals surface area (Å²) in [6, 6.07) is 5.03. The maximum atomic E-state index is 13.5. The van der Waals surface area contributed by atoms with Crippen molar-refractivity contribution in [3.63, 3.8) is 0 Å². The van der Waals surface area contributed by atoms with Crippen LogP contribution < -0.4 is 5.73 Å². The van der Waals surface area contributed by atoms with Crippen molar-refractivity contribution >= 4 is 15.9 Å². The summed E-state index contributed by atoms with van der Waals surface area (Å²) >= 11 is 3.28. The van der Waals surface area contributed by atoms with Crippen LogP contribution in [0.4, 0.5) is 4.39 Å². The molecule has 1 aliphatic carbocycles. The van der Waals surface area contributed by atoms with Crippen LogP contribution >= 0.6 is 15.9 Å². The molecule has 1 saturated carbocycles. The van der Waals surface area contributed by atoms with Crippen molar-refractivity contribution in [2.75, 3.05) is 6.54 Å². The average molecular weight is 316 g/mol. The second-order valence-corrected chi connectivity index (χ2v) is 6.01. The highest BCUT2D eigenvalue weighted by molar-refractivity contribution is 9.10. The molecule has 0 heterocycles. The molecule has 1 fully saturated rings. The van der Waals surface area contributed by atoms with Crippen LogP contribution in [-0.2, 0) is 6.42 Å². The summed E-state index contributed by atoms with van der Waals surface area (Å²) < 4.78 is 14.0. The molecule has 1 aliphatic rings. The lowest BCUT2D eigenvalue weighted by molar-refractivity contribution is -0.00599. The molecule has 0 radical (unpaired) electrons. The zero-order valence-electron chi connectivity index (χ0n) is 10.3. The van der Waals surface area contributed by atoms with Crippen LogP contribution in [0.15, 0.2) is 22.7 Å². The van der Waals surface area contributed by atoms with Crippen LogP contribution in [0.3, 0.4) is 0 Å². The second-order valence-electron chi connectivity index (χ2n) is 5.22. The highest BCUT2D eigenvalue weighted by Gasteiger charge is 2.39. The van der Waals surface area contributed by atoms with Gasteiger partial charge in [-0.25, -0.2) is 4.39 Å². The van der Waals surface area contributed by atoms with E-state index in [-0.39, 0.29) is 17.3 Å². The lowest BCUT2D eigenvalue weighted by atomic mass is 9.68. The molecule has 3 N–H and O–H groups in total. The van der Waals surface area contributed by atoms with Crippen LogP contribution in [0.25, 0.3) is 0 Å². The molecule has 4 heteroatoms. The first-order valence-electron chi connectivity index (χ1n) is 6.40. The summed E-state index contributed by atoms with van der Waals surface area (Å²) in [4.78, 5) is 0. The van der Waals surface area contributed by atoms with Gasteiger partial charge in [-0.1, -0.05) is 25.0 Å². The Hall–Kier alpha value is -0.450. The van der Waals surface area contributed by atoms with Crippen LogP contribution in [0.1, 0.15) is 31.2 Å². The van der Waals surface area contributed by atoms with Gasteiger partial charge in [0.15, 0.2) is 0 Å². The van der Waals surface area contributed by atoms with E-state index in [4.69, 9.17) is 5.73 Å². The third-order valence-electron chi connectivity index (χ3n) is 4.09. The number of aliphatic hydroxyl groups excluding tert-OH is 1. The first-order valence-corrected chi connectivity index (χ1v) is 7.19. The van der Waals surface area contributed by atoms with Gasteiger partial charge < -0.3 is 10.8 Å². The number of hydrogen-bond donors (Lipinski definition) is 2. The molecular formula is C14H19BrFNO. The van der Waals surface area contributed by atoms with Crippen molar-refractivity contribution in [1.82, 2.24) is 0 Å². The highest BCUT2D eigenvalue weighted by Crippen LogP contribution is 2.40. The highest BCUT2D eigenvalue weighted by atomic mass is 79.9. The van der Waals surface area contributed by atoms with Gasteiger partial charge in [0, 0.05) is 12.0 Å². The number of nitrogens with two attached hydrogens (primary N) is 1. The predicted octanol–water partition coefficient (Wildman–Crippen LogP) is 3.01. The van der Waals surface area contributed by atoms with Crippen molar-refractivity contribution in [3.05, 3.63) is 34.1 Å². The Morgan fingerprint density at radius 2 is 2.22 bits per heavy atom. The van der Waals surface area contributed by atoms with E-state index in [1.54, 1.807) is 6.07 Å². The first-order chi connectivity index (χ1) is 8.59. The number of halogens is 2. The van der Waals surface area contributed by atoms with Gasteiger partial charge in [-0.2, -0.15) is 0 Å². The van der Waals surface area contributed by atoms with Crippen molar-refractivity contribution in [1.29, 1.82) is 0 Å². The Kier molecular flexibility index (Phi) is 4.41. The molecule has 0 aliphatic heterocycles. The van der Waals surface area contributed by atoms with Crippen LogP contribution in [-0.4, -0.2) is 17.8 Å². The van der Waals surface area contributed by atoms with Crippen molar-refractivity contribution in [2.24, 2.45) is 11.1 Å². The van der Waals surface area contributed by atoms with Gasteiger partial charge in [0.05, 0.1) is 10.6 Å². The van der Waals surface area contributed by atoms with E-state index in [0.717, 1.165) is 31.2 Å². The minimum Gasteiger partial charge on any atom is -0.392 e. The third kappa shape index (κ3) is 2.60. The lowest BCUT2D eigenvalue weighted by Gasteiger charge is -2.41. The molecule has 2 atom stereocenters. The monoisotopic (exact) mass is 315 g/mol. The van der Waals surface area contributed by atoms with Gasteiger partial charge >= 0.3 is 0 Å². The molecule has 0 amide bonds. The maximum absolute atomic E-state index is 13.5. The van der Waals surface area contributed by atoms with Crippen LogP contribution in [0.5, 0.6) is 0 Å². The molecule has 18 heavy (non-hydrogen) atoms. The molecule has 0 bridgehead atoms. The fraction of sp³-hybridized carbons (Fsp3) is 0.571. The standard InChI is InChI=1S/C14H19BrFNO/c15-13-10(4-3-5-11(13)16)8-14(9-17)7-2-1-6-12(14)18/h3-5,12,18H,1-2,6-9,17H2. The van der Waals surface area contributed by atoms with E-state index < -0.39 is 0 Å². The van der Waals surface area contributed by atoms with E-state index in [2.05, 4.69) is 15.9 Å². The summed E-state index contributed by atoms with van der Waals surface area (Å²) in [7, 11) is 0. The molecule has 1 aromatic carbocycles. The molecule has 0 saturated heterocycles. The Morgan fingerprint density at radius 1 is 1.44 bits per heavy atom. The second kappa shape index (κ2) is 5.68. The third-order valence-corrected chi connectivity index (χ3v) is 4.98. The topological polar surface area (TPSA) is 46.2 Å². The molecular weight excluding hydrogens is 297 g/mol. The molecule has 2 unspecified atom stereocenters. The molecule has 0 aromatic heterocycles. The van der Waals surface area contributed by atoms with E-state index in [9.17, 15) is 9.50 Å². The van der Waals surface area contributed by atoms with Crippen molar-refractivity contribution in [2.45, 2.75) is 38.2 Å². The largest absolute Gasteiger partial charge is 0.392 e. The van der Waals surface area contributed by atoms with Gasteiger partial charge in [0.25, 0.3) is 0 Å². The van der Waals surface area contributed by atoms with Crippen LogP contribution in [0.2, 0.25) is 0 Å². The van der Waals surface area contributed by atoms with E-state index in [0.29, 0.717) is 17.4 Å². The molecule has 0 spiro atoms. The normalized spacial score (nSPS) is 28.3. The van der Waals surface area contributed by atoms with Crippen molar-refractivity contribution < 1.29 is 9.50 Å². The summed E-state index contributed by atoms with van der Waals surface area (Å²) in [5.41, 5.74) is 6.49. The van der Waals surface area contributed by atoms with Crippen LogP contribution in [0, 0.1) is 11.2 Å². The summed E-state index contributed by atoms with van der Waals surface area (Å²) in [6.07, 6.45) is 4.08. The Bertz CT molecular complexity index is 426. The molecule has 2 nitrogen and oxygen atoms in total. The quantitative estimate of drug-likeness (QED) is 0.900. The predicted molar refractivity (Wildman–Crippen MR) is 73.8 cm³/mol. The average Bonchev–Trinajstić information content (AvgIpc) is 2.38. The molecule has 100 valence electrons. The zero-order chi connectivity index (χ0) is 13.2. The zero-order valence-corrected chi connectivity index (χ0v) is 11.9. The van der Waals surface area contributed by atoms with Gasteiger partial charge in [-0.15, -0.1) is 0 Å². The smallest absolute Gasteiger partial charge is 0.137 e. The maximum Gasteiger partial charge on any atom is 0.137 e. The van der Waals surface area contributed by atoms with Gasteiger partial charge in [0.1, 0.15) is 5.82 Å². The van der Waals surface area contributed by atoms with Gasteiger partial charge in [-0.05, 0) is 46.8 Å². The Morgan fingerprint density at radius 3 is 2.89 bits per heavy atom. The fourth-order valence-electron chi connectivity index (χ4n) is 2.87. The Balaban J connectivity index is 2.27. The van der Waals surface area contributed by atoms with E-state index in [1.807, 2.05) is 6.07 Å². The number of aliphatic hydroxyl groups is 1. The molecule has 1 aromatic rings. The lowest BCUT2D eigenvalue weighted by Crippen LogP contribution is -2.45. The fourth-order valence-corrected chi connectivity index (χ4v) is 3.27. The van der Waals surface area contributed by atoms with Crippen molar-refractivity contribution in [3.8, 4) is 0 Å². The van der Waals surface area contributed by atoms with E-state index >= 15 is 0 Å². The summed E-state index contributed by atoms with van der Waals surface area (Å²) in [6.45, 7) is 0.442. The SMILES string of the molecule is NCC1(Cc2cccc(F)c2Br)CCCCC1O. The Labute approximate surface area is 116 Å². The number of hydrogen-bond acceptors (Lipinski definition) is 2. The first kappa shape index (κ1) is 14.0. The summed E-state index contributed by atoms with van der Waals surface area (Å²) in [5, 5.41) is 10.3. The van der Waals surface area contributed by atoms with Gasteiger partial charge in [0.2, 0.25) is 0 Å². The van der Waals surface area contributed by atoms with E-state index in [1.165, 1.54) is 6.07 Å². The minimum atomic E-state index is -0.383. The number of rotatable bonds is 3. The number of benzene rings is 1. The minimum absolute atomic E-state index is 0.259. The van der Waals surface area contributed by atoms with Gasteiger partial charge in [-0.3, -0.25) is 0 Å². The molecule has 2 rings (SSSR count).